The topological polar surface area (TPSA) is 35.5 Å². The Balaban J connectivity index is 2.11. The van der Waals surface area contributed by atoms with E-state index in [4.69, 9.17) is 9.47 Å². The zero-order valence-electron chi connectivity index (χ0n) is 14.6. The summed E-state index contributed by atoms with van der Waals surface area (Å²) in [5, 5.41) is 0. The summed E-state index contributed by atoms with van der Waals surface area (Å²) < 4.78 is 10.5. The molecule has 3 nitrogen and oxygen atoms in total. The summed E-state index contributed by atoms with van der Waals surface area (Å²) >= 11 is 0. The van der Waals surface area contributed by atoms with Crippen molar-refractivity contribution in [2.75, 3.05) is 14.2 Å². The molecule has 0 amide bonds. The Morgan fingerprint density at radius 3 is 1.54 bits per heavy atom. The molecule has 0 radical (unpaired) electrons. The highest BCUT2D eigenvalue weighted by Crippen LogP contribution is 2.50. The van der Waals surface area contributed by atoms with Gasteiger partial charge < -0.3 is 9.47 Å². The molecule has 1 aliphatic carbocycles. The molecule has 1 aliphatic rings. The molecule has 0 saturated heterocycles. The molecule has 124 valence electrons. The van der Waals surface area contributed by atoms with Crippen LogP contribution in [0.25, 0.3) is 0 Å². The smallest absolute Gasteiger partial charge is 0.174 e. The fourth-order valence-corrected chi connectivity index (χ4v) is 3.36. The molecule has 0 atom stereocenters. The summed E-state index contributed by atoms with van der Waals surface area (Å²) in [7, 11) is 3.29. The highest BCUT2D eigenvalue weighted by atomic mass is 16.5. The van der Waals surface area contributed by atoms with Gasteiger partial charge >= 0.3 is 0 Å². The van der Waals surface area contributed by atoms with Crippen molar-refractivity contribution in [1.29, 1.82) is 0 Å². The molecule has 0 spiro atoms. The van der Waals surface area contributed by atoms with Crippen molar-refractivity contribution in [3.63, 3.8) is 0 Å². The summed E-state index contributed by atoms with van der Waals surface area (Å²) in [4.78, 5) is 13.1. The van der Waals surface area contributed by atoms with Crippen LogP contribution in [0.1, 0.15) is 31.4 Å². The molecule has 0 N–H and O–H groups in total. The first kappa shape index (κ1) is 16.3. The maximum absolute atomic E-state index is 13.1. The average molecular weight is 322 g/mol. The Morgan fingerprint density at radius 1 is 0.833 bits per heavy atom. The van der Waals surface area contributed by atoms with Crippen LogP contribution in [0.5, 0.6) is 11.5 Å². The third-order valence-electron chi connectivity index (χ3n) is 4.87. The summed E-state index contributed by atoms with van der Waals surface area (Å²) in [6.07, 6.45) is 0.729. The Bertz CT molecular complexity index is 731. The number of ether oxygens (including phenoxy) is 2. The number of methoxy groups -OCH3 is 2. The fraction of sp³-hybridized carbons (Fsp3) is 0.286. The SMILES string of the molecule is COc1ccc(C2(c3ccc(OC)cc3)CC(=C(C)C)C2=O)cc1. The van der Waals surface area contributed by atoms with Crippen LogP contribution in [-0.2, 0) is 10.2 Å². The molecule has 0 bridgehead atoms. The van der Waals surface area contributed by atoms with Gasteiger partial charge in [-0.05, 0) is 61.2 Å². The van der Waals surface area contributed by atoms with E-state index in [0.29, 0.717) is 0 Å². The lowest BCUT2D eigenvalue weighted by molar-refractivity contribution is -0.124. The van der Waals surface area contributed by atoms with Crippen LogP contribution in [-0.4, -0.2) is 20.0 Å². The van der Waals surface area contributed by atoms with Crippen LogP contribution in [0.15, 0.2) is 59.7 Å². The van der Waals surface area contributed by atoms with E-state index >= 15 is 0 Å². The molecule has 0 heterocycles. The molecule has 0 unspecified atom stereocenters. The van der Waals surface area contributed by atoms with Gasteiger partial charge in [-0.1, -0.05) is 29.8 Å². The number of hydrogen-bond donors (Lipinski definition) is 0. The van der Waals surface area contributed by atoms with Crippen LogP contribution < -0.4 is 9.47 Å². The van der Waals surface area contributed by atoms with E-state index in [1.807, 2.05) is 62.4 Å². The first-order valence-electron chi connectivity index (χ1n) is 8.03. The predicted octanol–water partition coefficient (Wildman–Crippen LogP) is 4.30. The summed E-state index contributed by atoms with van der Waals surface area (Å²) in [6.45, 7) is 4.00. The van der Waals surface area contributed by atoms with E-state index < -0.39 is 5.41 Å². The monoisotopic (exact) mass is 322 g/mol. The second kappa shape index (κ2) is 6.16. The Labute approximate surface area is 142 Å². The molecule has 2 aromatic rings. The third-order valence-corrected chi connectivity index (χ3v) is 4.87. The highest BCUT2D eigenvalue weighted by Gasteiger charge is 2.52. The van der Waals surface area contributed by atoms with Gasteiger partial charge in [-0.15, -0.1) is 0 Å². The Morgan fingerprint density at radius 2 is 1.25 bits per heavy atom. The van der Waals surface area contributed by atoms with Gasteiger partial charge in [-0.3, -0.25) is 4.79 Å². The lowest BCUT2D eigenvalue weighted by Gasteiger charge is -2.44. The molecular formula is C21H22O3. The van der Waals surface area contributed by atoms with E-state index in [1.54, 1.807) is 14.2 Å². The predicted molar refractivity (Wildman–Crippen MR) is 94.8 cm³/mol. The minimum absolute atomic E-state index is 0.192. The number of rotatable bonds is 4. The number of hydrogen-bond acceptors (Lipinski definition) is 3. The quantitative estimate of drug-likeness (QED) is 0.787. The highest BCUT2D eigenvalue weighted by molar-refractivity contribution is 6.13. The normalized spacial score (nSPS) is 15.7. The average Bonchev–Trinajstić information content (AvgIpc) is 2.61. The maximum atomic E-state index is 13.1. The van der Waals surface area contributed by atoms with E-state index in [2.05, 4.69) is 0 Å². The van der Waals surface area contributed by atoms with Crippen molar-refractivity contribution in [2.45, 2.75) is 25.7 Å². The van der Waals surface area contributed by atoms with Crippen LogP contribution >= 0.6 is 0 Å². The number of benzene rings is 2. The molecule has 0 aliphatic heterocycles. The van der Waals surface area contributed by atoms with Crippen LogP contribution in [0, 0.1) is 0 Å². The molecule has 3 heteroatoms. The van der Waals surface area contributed by atoms with Crippen molar-refractivity contribution in [1.82, 2.24) is 0 Å². The van der Waals surface area contributed by atoms with Crippen LogP contribution in [0.3, 0.4) is 0 Å². The van der Waals surface area contributed by atoms with Gasteiger partial charge in [0.05, 0.1) is 19.6 Å². The molecule has 24 heavy (non-hydrogen) atoms. The van der Waals surface area contributed by atoms with Crippen molar-refractivity contribution in [2.24, 2.45) is 0 Å². The Hall–Kier alpha value is -2.55. The van der Waals surface area contributed by atoms with E-state index in [9.17, 15) is 4.79 Å². The standard InChI is InChI=1S/C21H22O3/c1-14(2)19-13-21(20(19)22,15-5-9-17(23-3)10-6-15)16-7-11-18(24-4)12-8-16/h5-12H,13H2,1-4H3. The number of carbonyl (C=O) groups is 1. The zero-order chi connectivity index (χ0) is 17.3. The van der Waals surface area contributed by atoms with Crippen molar-refractivity contribution >= 4 is 5.78 Å². The second-order valence-electron chi connectivity index (χ2n) is 6.35. The minimum atomic E-state index is -0.606. The molecule has 1 saturated carbocycles. The summed E-state index contributed by atoms with van der Waals surface area (Å²) in [5.74, 6) is 1.77. The van der Waals surface area contributed by atoms with Gasteiger partial charge in [-0.2, -0.15) is 0 Å². The van der Waals surface area contributed by atoms with Crippen molar-refractivity contribution in [3.05, 3.63) is 70.8 Å². The van der Waals surface area contributed by atoms with Gasteiger partial charge in [0, 0.05) is 0 Å². The number of carbonyl (C=O) groups excluding carboxylic acids is 1. The van der Waals surface area contributed by atoms with Gasteiger partial charge in [0.2, 0.25) is 0 Å². The van der Waals surface area contributed by atoms with Gasteiger partial charge in [0.15, 0.2) is 5.78 Å². The third kappa shape index (κ3) is 2.41. The minimum Gasteiger partial charge on any atom is -0.497 e. The maximum Gasteiger partial charge on any atom is 0.174 e. The van der Waals surface area contributed by atoms with Crippen molar-refractivity contribution in [3.8, 4) is 11.5 Å². The van der Waals surface area contributed by atoms with E-state index in [0.717, 1.165) is 40.2 Å². The molecule has 1 fully saturated rings. The van der Waals surface area contributed by atoms with Crippen molar-refractivity contribution < 1.29 is 14.3 Å². The van der Waals surface area contributed by atoms with E-state index in [-0.39, 0.29) is 5.78 Å². The Kier molecular flexibility index (Phi) is 4.18. The fourth-order valence-electron chi connectivity index (χ4n) is 3.36. The molecule has 3 rings (SSSR count). The summed E-state index contributed by atoms with van der Waals surface area (Å²) in [5.41, 5.74) is 3.43. The molecular weight excluding hydrogens is 300 g/mol. The number of allylic oxidation sites excluding steroid dienone is 2. The van der Waals surface area contributed by atoms with Crippen LogP contribution in [0.2, 0.25) is 0 Å². The lowest BCUT2D eigenvalue weighted by Crippen LogP contribution is -2.48. The van der Waals surface area contributed by atoms with Crippen LogP contribution in [0.4, 0.5) is 0 Å². The zero-order valence-corrected chi connectivity index (χ0v) is 14.6. The number of ketones is 1. The first-order chi connectivity index (χ1) is 11.5. The van der Waals surface area contributed by atoms with Gasteiger partial charge in [0.25, 0.3) is 0 Å². The number of Topliss-reactive ketones (excluding diaryl/α,β-unsaturated/α-hetero) is 1. The van der Waals surface area contributed by atoms with E-state index in [1.165, 1.54) is 0 Å². The largest absolute Gasteiger partial charge is 0.497 e. The lowest BCUT2D eigenvalue weighted by atomic mass is 9.56. The molecule has 2 aromatic carbocycles. The second-order valence-corrected chi connectivity index (χ2v) is 6.35. The first-order valence-corrected chi connectivity index (χ1v) is 8.03. The van der Waals surface area contributed by atoms with Gasteiger partial charge in [0.1, 0.15) is 11.5 Å². The molecule has 0 aromatic heterocycles. The van der Waals surface area contributed by atoms with Gasteiger partial charge in [-0.25, -0.2) is 0 Å². The summed E-state index contributed by atoms with van der Waals surface area (Å²) in [6, 6.07) is 15.6.